The van der Waals surface area contributed by atoms with Crippen molar-refractivity contribution in [2.24, 2.45) is 5.92 Å². The minimum atomic E-state index is -0.839. The van der Waals surface area contributed by atoms with Gasteiger partial charge in [0.2, 0.25) is 5.91 Å². The van der Waals surface area contributed by atoms with E-state index in [1.54, 1.807) is 28.8 Å². The molecule has 2 aromatic rings. The lowest BCUT2D eigenvalue weighted by Crippen LogP contribution is -2.38. The first-order chi connectivity index (χ1) is 14.7. The molecule has 1 saturated heterocycles. The fourth-order valence-corrected chi connectivity index (χ4v) is 4.91. The van der Waals surface area contributed by atoms with Gasteiger partial charge in [-0.1, -0.05) is 17.7 Å². The number of fused-ring (bicyclic) bond motifs is 1. The number of carboxylic acid groups (broad SMARTS) is 1. The lowest BCUT2D eigenvalue weighted by atomic mass is 9.99. The zero-order valence-corrected chi connectivity index (χ0v) is 18.4. The molecule has 1 aromatic heterocycles. The van der Waals surface area contributed by atoms with Gasteiger partial charge in [-0.3, -0.25) is 19.2 Å². The Morgan fingerprint density at radius 1 is 1.35 bits per heavy atom. The van der Waals surface area contributed by atoms with Crippen molar-refractivity contribution in [2.45, 2.75) is 45.3 Å². The molecular weight excluding hydrogens is 423 g/mol. The maximum Gasteiger partial charge on any atom is 0.320 e. The average molecular weight is 449 g/mol. The third-order valence-corrected chi connectivity index (χ3v) is 6.65. The molecular formula is C22H26ClFN4O3. The second kappa shape index (κ2) is 8.59. The van der Waals surface area contributed by atoms with Crippen LogP contribution in [0, 0.1) is 18.7 Å². The topological polar surface area (TPSA) is 78.7 Å². The molecule has 7 nitrogen and oxygen atoms in total. The number of carboxylic acids is 1. The van der Waals surface area contributed by atoms with Gasteiger partial charge in [0.1, 0.15) is 11.9 Å². The van der Waals surface area contributed by atoms with Crippen molar-refractivity contribution < 1.29 is 19.1 Å². The van der Waals surface area contributed by atoms with Crippen LogP contribution in [-0.4, -0.2) is 62.7 Å². The molecule has 9 heteroatoms. The summed E-state index contributed by atoms with van der Waals surface area (Å²) in [5, 5.41) is 14.2. The summed E-state index contributed by atoms with van der Waals surface area (Å²) in [6, 6.07) is 4.08. The molecule has 0 radical (unpaired) electrons. The van der Waals surface area contributed by atoms with E-state index >= 15 is 0 Å². The zero-order chi connectivity index (χ0) is 22.3. The predicted molar refractivity (Wildman–Crippen MR) is 113 cm³/mol. The van der Waals surface area contributed by atoms with Crippen LogP contribution in [0.25, 0.3) is 0 Å². The summed E-state index contributed by atoms with van der Waals surface area (Å²) in [7, 11) is 1.79. The summed E-state index contributed by atoms with van der Waals surface area (Å²) >= 11 is 5.86. The Balaban J connectivity index is 1.46. The molecule has 2 unspecified atom stereocenters. The van der Waals surface area contributed by atoms with Gasteiger partial charge in [-0.2, -0.15) is 5.10 Å². The van der Waals surface area contributed by atoms with Crippen molar-refractivity contribution in [1.29, 1.82) is 0 Å². The molecule has 2 aliphatic heterocycles. The van der Waals surface area contributed by atoms with Crippen LogP contribution in [0.4, 0.5) is 4.39 Å². The first-order valence-electron chi connectivity index (χ1n) is 10.4. The lowest BCUT2D eigenvalue weighted by Gasteiger charge is -2.29. The number of amides is 1. The van der Waals surface area contributed by atoms with Crippen LogP contribution in [-0.2, 0) is 29.1 Å². The highest BCUT2D eigenvalue weighted by molar-refractivity contribution is 6.30. The van der Waals surface area contributed by atoms with Crippen LogP contribution >= 0.6 is 11.6 Å². The van der Waals surface area contributed by atoms with E-state index in [0.717, 1.165) is 17.0 Å². The van der Waals surface area contributed by atoms with Gasteiger partial charge in [-0.15, -0.1) is 0 Å². The maximum absolute atomic E-state index is 14.3. The number of aliphatic carboxylic acids is 1. The van der Waals surface area contributed by atoms with Crippen molar-refractivity contribution in [3.63, 3.8) is 0 Å². The van der Waals surface area contributed by atoms with Crippen molar-refractivity contribution in [1.82, 2.24) is 19.6 Å². The molecule has 0 spiro atoms. The van der Waals surface area contributed by atoms with Crippen LogP contribution in [0.5, 0.6) is 0 Å². The van der Waals surface area contributed by atoms with E-state index in [2.05, 4.69) is 5.10 Å². The number of likely N-dealkylation sites (tertiary alicyclic amines) is 1. The highest BCUT2D eigenvalue weighted by Crippen LogP contribution is 2.28. The van der Waals surface area contributed by atoms with E-state index in [4.69, 9.17) is 11.6 Å². The quantitative estimate of drug-likeness (QED) is 0.760. The number of rotatable bonds is 5. The highest BCUT2D eigenvalue weighted by atomic mass is 35.5. The molecule has 166 valence electrons. The summed E-state index contributed by atoms with van der Waals surface area (Å²) in [6.07, 6.45) is 1.53. The van der Waals surface area contributed by atoms with Crippen LogP contribution in [0.15, 0.2) is 18.2 Å². The van der Waals surface area contributed by atoms with Gasteiger partial charge in [-0.25, -0.2) is 4.39 Å². The number of carbonyl (C=O) groups excluding carboxylic acids is 1. The molecule has 0 saturated carbocycles. The molecule has 0 aliphatic carbocycles. The normalized spacial score (nSPS) is 21.4. The minimum absolute atomic E-state index is 0.0261. The minimum Gasteiger partial charge on any atom is -0.480 e. The Bertz CT molecular complexity index is 1020. The SMILES string of the molecule is Cc1nn(Cc2ccc(Cl)cc2F)c2c1CCN(C(=O)CC1CC(C(=O)O)N(C)C1)C2. The van der Waals surface area contributed by atoms with Gasteiger partial charge in [0.05, 0.1) is 24.5 Å². The smallest absolute Gasteiger partial charge is 0.320 e. The zero-order valence-electron chi connectivity index (χ0n) is 17.6. The Labute approximate surface area is 185 Å². The molecule has 2 aliphatic rings. The number of hydrogen-bond donors (Lipinski definition) is 1. The van der Waals surface area contributed by atoms with Crippen LogP contribution in [0.3, 0.4) is 0 Å². The third-order valence-electron chi connectivity index (χ3n) is 6.41. The molecule has 31 heavy (non-hydrogen) atoms. The maximum atomic E-state index is 14.3. The largest absolute Gasteiger partial charge is 0.480 e. The number of carbonyl (C=O) groups is 2. The number of likely N-dealkylation sites (N-methyl/N-ethyl adjacent to an activating group) is 1. The van der Waals surface area contributed by atoms with Gasteiger partial charge in [-0.05, 0) is 50.4 Å². The number of halogens is 2. The lowest BCUT2D eigenvalue weighted by molar-refractivity contribution is -0.141. The summed E-state index contributed by atoms with van der Waals surface area (Å²) in [5.74, 6) is -1.15. The van der Waals surface area contributed by atoms with Gasteiger partial charge >= 0.3 is 5.97 Å². The highest BCUT2D eigenvalue weighted by Gasteiger charge is 2.36. The molecule has 3 heterocycles. The average Bonchev–Trinajstić information content (AvgIpc) is 3.23. The second-order valence-corrected chi connectivity index (χ2v) is 9.01. The fourth-order valence-electron chi connectivity index (χ4n) is 4.75. The molecule has 1 amide bonds. The molecule has 0 bridgehead atoms. The first-order valence-corrected chi connectivity index (χ1v) is 10.8. The standard InChI is InChI=1S/C22H26ClFN4O3/c1-13-17-5-6-27(21(29)8-14-7-19(22(30)31)26(2)10-14)12-20(17)28(25-13)11-15-3-4-16(23)9-18(15)24/h3-4,9,14,19H,5-8,10-12H2,1-2H3,(H,30,31). The monoisotopic (exact) mass is 448 g/mol. The van der Waals surface area contributed by atoms with Gasteiger partial charge in [0.15, 0.2) is 0 Å². The van der Waals surface area contributed by atoms with Gasteiger partial charge < -0.3 is 10.0 Å². The third kappa shape index (κ3) is 4.45. The number of nitrogens with zero attached hydrogens (tertiary/aromatic N) is 4. The van der Waals surface area contributed by atoms with E-state index in [1.165, 1.54) is 6.07 Å². The van der Waals surface area contributed by atoms with E-state index in [-0.39, 0.29) is 24.2 Å². The van der Waals surface area contributed by atoms with Gasteiger partial charge in [0, 0.05) is 30.1 Å². The van der Waals surface area contributed by atoms with Crippen LogP contribution in [0.1, 0.15) is 35.4 Å². The Kier molecular flexibility index (Phi) is 6.03. The van der Waals surface area contributed by atoms with Crippen molar-refractivity contribution >= 4 is 23.5 Å². The number of benzene rings is 1. The van der Waals surface area contributed by atoms with E-state index in [1.807, 2.05) is 11.8 Å². The fraction of sp³-hybridized carbons (Fsp3) is 0.500. The van der Waals surface area contributed by atoms with Crippen LogP contribution < -0.4 is 0 Å². The second-order valence-electron chi connectivity index (χ2n) is 8.57. The molecule has 4 rings (SSSR count). The van der Waals surface area contributed by atoms with Crippen molar-refractivity contribution in [3.8, 4) is 0 Å². The Morgan fingerprint density at radius 3 is 2.81 bits per heavy atom. The van der Waals surface area contributed by atoms with E-state index in [0.29, 0.717) is 49.5 Å². The first kappa shape index (κ1) is 21.8. The Morgan fingerprint density at radius 2 is 2.13 bits per heavy atom. The summed E-state index contributed by atoms with van der Waals surface area (Å²) in [5.41, 5.74) is 3.44. The van der Waals surface area contributed by atoms with Crippen molar-refractivity contribution in [2.75, 3.05) is 20.1 Å². The van der Waals surface area contributed by atoms with Gasteiger partial charge in [0.25, 0.3) is 0 Å². The molecule has 2 atom stereocenters. The summed E-state index contributed by atoms with van der Waals surface area (Å²) in [6.45, 7) is 3.85. The van der Waals surface area contributed by atoms with E-state index < -0.39 is 12.0 Å². The molecule has 1 aromatic carbocycles. The molecule has 1 fully saturated rings. The van der Waals surface area contributed by atoms with E-state index in [9.17, 15) is 19.1 Å². The summed E-state index contributed by atoms with van der Waals surface area (Å²) < 4.78 is 16.1. The Hall–Kier alpha value is -2.45. The van der Waals surface area contributed by atoms with Crippen LogP contribution in [0.2, 0.25) is 5.02 Å². The summed E-state index contributed by atoms with van der Waals surface area (Å²) in [4.78, 5) is 27.9. The predicted octanol–water partition coefficient (Wildman–Crippen LogP) is 2.71. The number of aromatic nitrogens is 2. The number of hydrogen-bond acceptors (Lipinski definition) is 4. The number of aryl methyl sites for hydroxylation is 1. The molecule has 1 N–H and O–H groups in total. The van der Waals surface area contributed by atoms with Crippen molar-refractivity contribution in [3.05, 3.63) is 51.6 Å².